The van der Waals surface area contributed by atoms with Gasteiger partial charge in [0, 0.05) is 18.0 Å². The number of aliphatic hydroxyl groups excluding tert-OH is 2. The van der Waals surface area contributed by atoms with Crippen LogP contribution >= 0.6 is 27.2 Å². The van der Waals surface area contributed by atoms with Gasteiger partial charge in [0.1, 0.15) is 5.82 Å². The van der Waals surface area contributed by atoms with Crippen LogP contribution in [0.4, 0.5) is 10.2 Å². The van der Waals surface area contributed by atoms with Crippen molar-refractivity contribution in [2.24, 2.45) is 5.92 Å². The summed E-state index contributed by atoms with van der Waals surface area (Å²) in [7, 11) is -10.6. The molecule has 0 aliphatic carbocycles. The summed E-state index contributed by atoms with van der Waals surface area (Å²) in [5.41, 5.74) is 4.15. The Morgan fingerprint density at radius 2 is 1.93 bits per heavy atom. The van der Waals surface area contributed by atoms with E-state index in [1.54, 1.807) is 0 Å². The molecule has 5 atom stereocenters. The molecular weight excluding hydrogens is 439 g/mol. The van der Waals surface area contributed by atoms with Gasteiger partial charge in [-0.2, -0.15) is 9.29 Å². The highest BCUT2D eigenvalue weighted by molar-refractivity contribution is 7.60. The summed E-state index contributed by atoms with van der Waals surface area (Å²) in [6, 6.07) is 1.09. The topological polar surface area (TPSA) is 215 Å². The average molecular weight is 456 g/mol. The summed E-state index contributed by atoms with van der Waals surface area (Å²) in [5.74, 6) is -2.18. The monoisotopic (exact) mass is 455 g/mol. The highest BCUT2D eigenvalue weighted by Crippen LogP contribution is 2.57. The van der Waals surface area contributed by atoms with Gasteiger partial charge in [-0.15, -0.1) is 11.6 Å². The molecule has 13 nitrogen and oxygen atoms in total. The molecule has 0 aromatic carbocycles. The van der Waals surface area contributed by atoms with E-state index in [1.165, 1.54) is 0 Å². The number of nitrogen functional groups attached to an aromatic ring is 1. The Balaban J connectivity index is 2.84. The highest BCUT2D eigenvalue weighted by Gasteiger charge is 2.38. The Morgan fingerprint density at radius 1 is 1.33 bits per heavy atom. The number of nitrogens with two attached hydrogens (primary N) is 1. The number of hydrogen-bond acceptors (Lipinski definition) is 9. The van der Waals surface area contributed by atoms with Gasteiger partial charge in [0.15, 0.2) is 12.4 Å². The summed E-state index contributed by atoms with van der Waals surface area (Å²) >= 11 is 5.52. The lowest BCUT2D eigenvalue weighted by atomic mass is 10.0. The Morgan fingerprint density at radius 3 is 2.41 bits per heavy atom. The Bertz CT molecular complexity index is 791. The summed E-state index contributed by atoms with van der Waals surface area (Å²) in [6.07, 6.45) is -5.92. The molecule has 1 rings (SSSR count). The van der Waals surface area contributed by atoms with E-state index >= 15 is 0 Å². The normalized spacial score (nSPS) is 19.1. The molecule has 1 aromatic heterocycles. The maximum atomic E-state index is 14.4. The lowest BCUT2D eigenvalue weighted by molar-refractivity contribution is -0.0730. The van der Waals surface area contributed by atoms with Gasteiger partial charge >= 0.3 is 21.3 Å². The smallest absolute Gasteiger partial charge is 0.389 e. The molecule has 17 heteroatoms. The highest BCUT2D eigenvalue weighted by atomic mass is 35.5. The van der Waals surface area contributed by atoms with Crippen molar-refractivity contribution in [3.8, 4) is 0 Å². The molecule has 156 valence electrons. The maximum Gasteiger partial charge on any atom is 0.481 e. The average Bonchev–Trinajstić information content (AvgIpc) is 2.51. The molecule has 1 heterocycles. The maximum absolute atomic E-state index is 14.4. The Kier molecular flexibility index (Phi) is 8.51. The molecule has 0 saturated carbocycles. The Labute approximate surface area is 156 Å². The van der Waals surface area contributed by atoms with Crippen LogP contribution in [-0.2, 0) is 18.0 Å². The van der Waals surface area contributed by atoms with E-state index in [1.807, 2.05) is 0 Å². The number of aromatic nitrogens is 2. The molecule has 1 aromatic rings. The van der Waals surface area contributed by atoms with E-state index < -0.39 is 58.2 Å². The third kappa shape index (κ3) is 7.54. The molecule has 0 saturated heterocycles. The van der Waals surface area contributed by atoms with Gasteiger partial charge in [-0.25, -0.2) is 18.3 Å². The second kappa shape index (κ2) is 9.52. The standard InChI is InChI=1S/C10H17ClFN3O10P2/c11-3-5(4-24-27(22,23)25-26(19,20)21)8(16)7(12)9(17)15-2-1-6(13)14-10(15)18/h1-2,5,7-9,16-17H,3-4H2,(H,22,23)(H2,13,14,18)(H2,19,20,21)/t5-,7+,8+,9+/m0/s1. The number of hydrogen-bond donors (Lipinski definition) is 6. The van der Waals surface area contributed by atoms with Crippen LogP contribution in [0.1, 0.15) is 6.23 Å². The molecule has 0 fully saturated rings. The zero-order valence-corrected chi connectivity index (χ0v) is 15.8. The number of rotatable bonds is 10. The van der Waals surface area contributed by atoms with Crippen LogP contribution in [0.25, 0.3) is 0 Å². The molecule has 27 heavy (non-hydrogen) atoms. The van der Waals surface area contributed by atoms with Crippen molar-refractivity contribution >= 4 is 33.1 Å². The predicted molar refractivity (Wildman–Crippen MR) is 88.2 cm³/mol. The Hall–Kier alpha value is -0.920. The van der Waals surface area contributed by atoms with Crippen molar-refractivity contribution in [3.63, 3.8) is 0 Å². The minimum Gasteiger partial charge on any atom is -0.389 e. The van der Waals surface area contributed by atoms with Gasteiger partial charge < -0.3 is 30.6 Å². The van der Waals surface area contributed by atoms with Crippen LogP contribution in [-0.4, -0.2) is 59.2 Å². The number of anilines is 1. The lowest BCUT2D eigenvalue weighted by Gasteiger charge is -2.27. The minimum atomic E-state index is -5.37. The summed E-state index contributed by atoms with van der Waals surface area (Å²) in [5, 5.41) is 19.8. The fraction of sp³-hybridized carbons (Fsp3) is 0.600. The van der Waals surface area contributed by atoms with Crippen molar-refractivity contribution < 1.29 is 47.2 Å². The van der Waals surface area contributed by atoms with Crippen molar-refractivity contribution in [1.82, 2.24) is 9.55 Å². The van der Waals surface area contributed by atoms with E-state index in [0.29, 0.717) is 4.57 Å². The lowest BCUT2D eigenvalue weighted by Crippen LogP contribution is -2.42. The number of halogens is 2. The van der Waals surface area contributed by atoms with Crippen molar-refractivity contribution in [2.75, 3.05) is 18.2 Å². The first kappa shape index (κ1) is 24.1. The van der Waals surface area contributed by atoms with Crippen LogP contribution in [0.5, 0.6) is 0 Å². The van der Waals surface area contributed by atoms with Crippen molar-refractivity contribution in [1.29, 1.82) is 0 Å². The van der Waals surface area contributed by atoms with Crippen LogP contribution < -0.4 is 11.4 Å². The third-order valence-electron chi connectivity index (χ3n) is 3.09. The fourth-order valence-corrected chi connectivity index (χ4v) is 3.71. The van der Waals surface area contributed by atoms with Gasteiger partial charge in [0.25, 0.3) is 0 Å². The largest absolute Gasteiger partial charge is 0.481 e. The van der Waals surface area contributed by atoms with Crippen molar-refractivity contribution in [3.05, 3.63) is 22.7 Å². The fourth-order valence-electron chi connectivity index (χ4n) is 1.80. The first-order valence-corrected chi connectivity index (χ1v) is 10.5. The predicted octanol–water partition coefficient (Wildman–Crippen LogP) is -0.903. The zero-order valence-electron chi connectivity index (χ0n) is 13.3. The zero-order chi connectivity index (χ0) is 21.0. The van der Waals surface area contributed by atoms with E-state index in [4.69, 9.17) is 32.0 Å². The molecule has 0 amide bonds. The van der Waals surface area contributed by atoms with Crippen molar-refractivity contribution in [2.45, 2.75) is 18.5 Å². The molecule has 1 unspecified atom stereocenters. The molecule has 7 N–H and O–H groups in total. The second-order valence-corrected chi connectivity index (χ2v) is 8.28. The van der Waals surface area contributed by atoms with E-state index in [0.717, 1.165) is 12.3 Å². The van der Waals surface area contributed by atoms with Gasteiger partial charge in [0.2, 0.25) is 0 Å². The SMILES string of the molecule is Nc1ccn([C@H](O)[C@H](F)[C@H](O)[C@@H](CCl)COP(=O)(O)OP(=O)(O)O)c(=O)n1. The molecule has 0 bridgehead atoms. The summed E-state index contributed by atoms with van der Waals surface area (Å²) in [6.45, 7) is -0.972. The van der Waals surface area contributed by atoms with Gasteiger partial charge in [-0.3, -0.25) is 9.09 Å². The second-order valence-electron chi connectivity index (χ2n) is 5.14. The van der Waals surface area contributed by atoms with Crippen LogP contribution in [0.15, 0.2) is 17.1 Å². The summed E-state index contributed by atoms with van der Waals surface area (Å²) < 4.78 is 44.5. The quantitative estimate of drug-likeness (QED) is 0.187. The molecule has 0 spiro atoms. The van der Waals surface area contributed by atoms with Crippen LogP contribution in [0.3, 0.4) is 0 Å². The molecule has 0 radical (unpaired) electrons. The van der Waals surface area contributed by atoms with Gasteiger partial charge in [-0.05, 0) is 6.07 Å². The van der Waals surface area contributed by atoms with Crippen LogP contribution in [0, 0.1) is 5.92 Å². The first-order chi connectivity index (χ1) is 12.3. The van der Waals surface area contributed by atoms with E-state index in [2.05, 4.69) is 13.8 Å². The number of aliphatic hydroxyl groups is 2. The number of phosphoric acid groups is 2. The molecule has 0 aliphatic heterocycles. The third-order valence-corrected chi connectivity index (χ3v) is 5.64. The van der Waals surface area contributed by atoms with Gasteiger partial charge in [-0.1, -0.05) is 0 Å². The minimum absolute atomic E-state index is 0.185. The van der Waals surface area contributed by atoms with Gasteiger partial charge in [0.05, 0.1) is 12.7 Å². The number of alkyl halides is 2. The van der Waals surface area contributed by atoms with E-state index in [9.17, 15) is 28.5 Å². The van der Waals surface area contributed by atoms with Crippen LogP contribution in [0.2, 0.25) is 0 Å². The number of phosphoric ester groups is 1. The first-order valence-electron chi connectivity index (χ1n) is 6.92. The molecular formula is C10H17ClFN3O10P2. The summed E-state index contributed by atoms with van der Waals surface area (Å²) in [4.78, 5) is 41.0. The molecule has 0 aliphatic rings. The van der Waals surface area contributed by atoms with E-state index in [-0.39, 0.29) is 5.82 Å². The number of nitrogens with zero attached hydrogens (tertiary/aromatic N) is 2.